The molecule has 0 aromatic rings. The molecule has 2 N–H and O–H groups in total. The summed E-state index contributed by atoms with van der Waals surface area (Å²) >= 11 is 4.03. The zero-order chi connectivity index (χ0) is 10.0. The van der Waals surface area contributed by atoms with Gasteiger partial charge in [0.15, 0.2) is 0 Å². The Hall–Kier alpha value is -0.970. The number of hydrogen-bond acceptors (Lipinski definition) is 3. The fraction of sp³-hybridized carbons (Fsp3) is 0.500. The van der Waals surface area contributed by atoms with Gasteiger partial charge in [0.2, 0.25) is 0 Å². The number of hydrogen-bond donors (Lipinski definition) is 3. The third-order valence-electron chi connectivity index (χ3n) is 2.16. The van der Waals surface area contributed by atoms with Gasteiger partial charge in [-0.15, -0.1) is 12.6 Å². The molecule has 0 bridgehead atoms. The van der Waals surface area contributed by atoms with Crippen molar-refractivity contribution in [3.63, 3.8) is 0 Å². The second-order valence-electron chi connectivity index (χ2n) is 3.02. The molecule has 0 heterocycles. The van der Waals surface area contributed by atoms with Crippen LogP contribution in [0.3, 0.4) is 0 Å². The molecule has 0 saturated heterocycles. The molecule has 5 heteroatoms. The summed E-state index contributed by atoms with van der Waals surface area (Å²) in [6, 6.07) is 0. The standard InChI is InChI=1S/C8H10O4S/c9-7(10)5-2-1-4(13)3-6(5)8(11)12/h1,5-6,13H,2-3H2,(H,9,10)(H,11,12). The van der Waals surface area contributed by atoms with E-state index < -0.39 is 23.8 Å². The number of carboxylic acids is 2. The van der Waals surface area contributed by atoms with Crippen LogP contribution in [0.4, 0.5) is 0 Å². The van der Waals surface area contributed by atoms with Gasteiger partial charge >= 0.3 is 11.9 Å². The molecule has 0 saturated carbocycles. The lowest BCUT2D eigenvalue weighted by atomic mass is 9.83. The highest BCUT2D eigenvalue weighted by molar-refractivity contribution is 7.84. The lowest BCUT2D eigenvalue weighted by Gasteiger charge is -2.23. The predicted molar refractivity (Wildman–Crippen MR) is 48.6 cm³/mol. The summed E-state index contributed by atoms with van der Waals surface area (Å²) in [6.45, 7) is 0. The lowest BCUT2D eigenvalue weighted by molar-refractivity contribution is -0.153. The first kappa shape index (κ1) is 10.1. The van der Waals surface area contributed by atoms with Gasteiger partial charge in [-0.25, -0.2) is 0 Å². The van der Waals surface area contributed by atoms with Gasteiger partial charge in [0, 0.05) is 0 Å². The Labute approximate surface area is 80.7 Å². The van der Waals surface area contributed by atoms with Crippen molar-refractivity contribution in [1.82, 2.24) is 0 Å². The van der Waals surface area contributed by atoms with E-state index in [2.05, 4.69) is 12.6 Å². The smallest absolute Gasteiger partial charge is 0.307 e. The summed E-state index contributed by atoms with van der Waals surface area (Å²) in [6.07, 6.45) is 2.14. The maximum absolute atomic E-state index is 10.7. The van der Waals surface area contributed by atoms with E-state index in [0.717, 1.165) is 0 Å². The Morgan fingerprint density at radius 1 is 1.31 bits per heavy atom. The summed E-state index contributed by atoms with van der Waals surface area (Å²) in [7, 11) is 0. The minimum absolute atomic E-state index is 0.218. The van der Waals surface area contributed by atoms with Gasteiger partial charge in [0.1, 0.15) is 0 Å². The van der Waals surface area contributed by atoms with Crippen molar-refractivity contribution in [2.75, 3.05) is 0 Å². The summed E-state index contributed by atoms with van der Waals surface area (Å²) in [5, 5.41) is 17.5. The fourth-order valence-electron chi connectivity index (χ4n) is 1.41. The Bertz CT molecular complexity index is 271. The van der Waals surface area contributed by atoms with Crippen LogP contribution in [-0.4, -0.2) is 22.2 Å². The van der Waals surface area contributed by atoms with E-state index in [9.17, 15) is 9.59 Å². The summed E-state index contributed by atoms with van der Waals surface area (Å²) in [4.78, 5) is 22.0. The Kier molecular flexibility index (Phi) is 2.98. The quantitative estimate of drug-likeness (QED) is 0.584. The van der Waals surface area contributed by atoms with Crippen LogP contribution in [0, 0.1) is 11.8 Å². The highest BCUT2D eigenvalue weighted by Gasteiger charge is 2.35. The molecule has 72 valence electrons. The van der Waals surface area contributed by atoms with Crippen molar-refractivity contribution in [3.8, 4) is 0 Å². The number of carbonyl (C=O) groups is 2. The van der Waals surface area contributed by atoms with E-state index >= 15 is 0 Å². The van der Waals surface area contributed by atoms with Gasteiger partial charge in [-0.05, 0) is 17.7 Å². The monoisotopic (exact) mass is 202 g/mol. The van der Waals surface area contributed by atoms with Crippen molar-refractivity contribution in [2.45, 2.75) is 12.8 Å². The van der Waals surface area contributed by atoms with Crippen LogP contribution >= 0.6 is 12.6 Å². The highest BCUT2D eigenvalue weighted by atomic mass is 32.1. The predicted octanol–water partition coefficient (Wildman–Crippen LogP) is 0.996. The van der Waals surface area contributed by atoms with Gasteiger partial charge in [-0.3, -0.25) is 9.59 Å². The number of rotatable bonds is 2. The average Bonchev–Trinajstić information content (AvgIpc) is 2.03. The second-order valence-corrected chi connectivity index (χ2v) is 3.60. The van der Waals surface area contributed by atoms with Crippen molar-refractivity contribution >= 4 is 24.6 Å². The fourth-order valence-corrected chi connectivity index (χ4v) is 1.71. The van der Waals surface area contributed by atoms with Crippen molar-refractivity contribution in [1.29, 1.82) is 0 Å². The first-order chi connectivity index (χ1) is 6.02. The maximum Gasteiger partial charge on any atom is 0.307 e. The van der Waals surface area contributed by atoms with Crippen LogP contribution in [0.5, 0.6) is 0 Å². The molecular weight excluding hydrogens is 192 g/mol. The Balaban J connectivity index is 2.83. The molecule has 1 aliphatic rings. The third kappa shape index (κ3) is 2.24. The van der Waals surface area contributed by atoms with Gasteiger partial charge in [0.25, 0.3) is 0 Å². The number of thiol groups is 1. The largest absolute Gasteiger partial charge is 0.481 e. The molecule has 1 aliphatic carbocycles. The van der Waals surface area contributed by atoms with Crippen LogP contribution in [0.1, 0.15) is 12.8 Å². The molecule has 13 heavy (non-hydrogen) atoms. The number of aliphatic carboxylic acids is 2. The normalized spacial score (nSPS) is 27.9. The molecule has 4 nitrogen and oxygen atoms in total. The van der Waals surface area contributed by atoms with Gasteiger partial charge in [0.05, 0.1) is 11.8 Å². The van der Waals surface area contributed by atoms with Crippen LogP contribution in [0.2, 0.25) is 0 Å². The van der Waals surface area contributed by atoms with Gasteiger partial charge in [-0.1, -0.05) is 6.08 Å². The molecule has 0 spiro atoms. The maximum atomic E-state index is 10.7. The lowest BCUT2D eigenvalue weighted by Crippen LogP contribution is -2.31. The Morgan fingerprint density at radius 3 is 2.31 bits per heavy atom. The minimum Gasteiger partial charge on any atom is -0.481 e. The van der Waals surface area contributed by atoms with Crippen molar-refractivity contribution in [3.05, 3.63) is 11.0 Å². The third-order valence-corrected chi connectivity index (χ3v) is 2.52. The summed E-state index contributed by atoms with van der Waals surface area (Å²) in [5.74, 6) is -3.76. The van der Waals surface area contributed by atoms with E-state index in [0.29, 0.717) is 4.91 Å². The minimum atomic E-state index is -1.06. The molecular formula is C8H10O4S. The van der Waals surface area contributed by atoms with Crippen molar-refractivity contribution in [2.24, 2.45) is 11.8 Å². The van der Waals surface area contributed by atoms with E-state index in [1.165, 1.54) is 0 Å². The van der Waals surface area contributed by atoms with E-state index in [4.69, 9.17) is 10.2 Å². The van der Waals surface area contributed by atoms with E-state index in [1.807, 2.05) is 0 Å². The first-order valence-corrected chi connectivity index (χ1v) is 4.30. The molecule has 0 aliphatic heterocycles. The van der Waals surface area contributed by atoms with Crippen LogP contribution in [0.25, 0.3) is 0 Å². The zero-order valence-corrected chi connectivity index (χ0v) is 7.70. The van der Waals surface area contributed by atoms with Crippen LogP contribution in [-0.2, 0) is 9.59 Å². The van der Waals surface area contributed by atoms with Crippen molar-refractivity contribution < 1.29 is 19.8 Å². The summed E-state index contributed by atoms with van der Waals surface area (Å²) in [5.41, 5.74) is 0. The molecule has 0 radical (unpaired) electrons. The number of carboxylic acid groups (broad SMARTS) is 2. The molecule has 0 fully saturated rings. The molecule has 0 aromatic carbocycles. The first-order valence-electron chi connectivity index (χ1n) is 3.86. The molecule has 0 amide bonds. The number of allylic oxidation sites excluding steroid dienone is 2. The van der Waals surface area contributed by atoms with Gasteiger partial charge < -0.3 is 10.2 Å². The average molecular weight is 202 g/mol. The SMILES string of the molecule is O=C(O)C1CC=C(S)CC1C(=O)O. The van der Waals surface area contributed by atoms with E-state index in [-0.39, 0.29) is 12.8 Å². The topological polar surface area (TPSA) is 74.6 Å². The Morgan fingerprint density at radius 2 is 1.85 bits per heavy atom. The van der Waals surface area contributed by atoms with Crippen LogP contribution in [0.15, 0.2) is 11.0 Å². The zero-order valence-electron chi connectivity index (χ0n) is 6.80. The molecule has 2 atom stereocenters. The van der Waals surface area contributed by atoms with E-state index in [1.54, 1.807) is 6.08 Å². The molecule has 0 aromatic heterocycles. The highest BCUT2D eigenvalue weighted by Crippen LogP contribution is 2.31. The molecule has 2 unspecified atom stereocenters. The van der Waals surface area contributed by atoms with Crippen LogP contribution < -0.4 is 0 Å². The van der Waals surface area contributed by atoms with Gasteiger partial charge in [-0.2, -0.15) is 0 Å². The molecule has 1 rings (SSSR count). The summed E-state index contributed by atoms with van der Waals surface area (Å²) < 4.78 is 0. The second kappa shape index (κ2) is 3.83.